The maximum Gasteiger partial charge on any atom is 0.350 e. The summed E-state index contributed by atoms with van der Waals surface area (Å²) in [4.78, 5) is 20.7. The van der Waals surface area contributed by atoms with Crippen molar-refractivity contribution in [1.82, 2.24) is 9.97 Å². The van der Waals surface area contributed by atoms with Crippen LogP contribution in [0.25, 0.3) is 0 Å². The molecule has 0 aliphatic carbocycles. The molecule has 0 bridgehead atoms. The quantitative estimate of drug-likeness (QED) is 0.860. The van der Waals surface area contributed by atoms with E-state index in [0.717, 1.165) is 28.8 Å². The van der Waals surface area contributed by atoms with Gasteiger partial charge >= 0.3 is 5.97 Å². The van der Waals surface area contributed by atoms with Gasteiger partial charge < -0.3 is 10.1 Å². The zero-order valence-electron chi connectivity index (χ0n) is 11.0. The van der Waals surface area contributed by atoms with E-state index in [2.05, 4.69) is 20.7 Å². The zero-order chi connectivity index (χ0) is 13.8. The predicted octanol–water partition coefficient (Wildman–Crippen LogP) is 2.66. The van der Waals surface area contributed by atoms with E-state index in [1.807, 2.05) is 6.92 Å². The standard InChI is InChI=1S/C12H15N3O2S2/c1-7-10(11(16)17-3)19-12(14-7)13-5-4-9-6-18-8(2)15-9/h6H,4-5H2,1-3H3,(H,13,14). The first kappa shape index (κ1) is 14.0. The predicted molar refractivity (Wildman–Crippen MR) is 77.2 cm³/mol. The molecule has 1 N–H and O–H groups in total. The molecule has 0 saturated carbocycles. The summed E-state index contributed by atoms with van der Waals surface area (Å²) in [5, 5.41) is 7.08. The lowest BCUT2D eigenvalue weighted by molar-refractivity contribution is 0.0605. The van der Waals surface area contributed by atoms with Gasteiger partial charge in [0.2, 0.25) is 0 Å². The highest BCUT2D eigenvalue weighted by Gasteiger charge is 2.15. The molecular formula is C12H15N3O2S2. The number of nitrogens with one attached hydrogen (secondary N) is 1. The highest BCUT2D eigenvalue weighted by molar-refractivity contribution is 7.17. The van der Waals surface area contributed by atoms with Crippen molar-refractivity contribution in [3.8, 4) is 0 Å². The van der Waals surface area contributed by atoms with Gasteiger partial charge in [0.1, 0.15) is 4.88 Å². The molecular weight excluding hydrogens is 282 g/mol. The van der Waals surface area contributed by atoms with Gasteiger partial charge in [-0.1, -0.05) is 11.3 Å². The van der Waals surface area contributed by atoms with Crippen molar-refractivity contribution in [2.24, 2.45) is 0 Å². The zero-order valence-corrected chi connectivity index (χ0v) is 12.7. The number of methoxy groups -OCH3 is 1. The highest BCUT2D eigenvalue weighted by atomic mass is 32.1. The number of esters is 1. The Morgan fingerprint density at radius 1 is 1.42 bits per heavy atom. The minimum Gasteiger partial charge on any atom is -0.465 e. The van der Waals surface area contributed by atoms with Crippen LogP contribution in [0.4, 0.5) is 5.13 Å². The summed E-state index contributed by atoms with van der Waals surface area (Å²) in [5.74, 6) is -0.335. The first-order valence-corrected chi connectivity index (χ1v) is 7.50. The molecule has 2 aromatic rings. The number of nitrogens with zero attached hydrogens (tertiary/aromatic N) is 2. The van der Waals surface area contributed by atoms with E-state index in [-0.39, 0.29) is 5.97 Å². The smallest absolute Gasteiger partial charge is 0.350 e. The Hall–Kier alpha value is -1.47. The molecule has 2 aromatic heterocycles. The summed E-state index contributed by atoms with van der Waals surface area (Å²) >= 11 is 2.97. The molecule has 0 unspecified atom stereocenters. The number of hydrogen-bond acceptors (Lipinski definition) is 7. The van der Waals surface area contributed by atoms with Gasteiger partial charge in [0.05, 0.1) is 23.5 Å². The fourth-order valence-electron chi connectivity index (χ4n) is 1.57. The number of rotatable bonds is 5. The Kier molecular flexibility index (Phi) is 4.49. The van der Waals surface area contributed by atoms with Crippen LogP contribution in [0, 0.1) is 13.8 Å². The SMILES string of the molecule is COC(=O)c1sc(NCCc2csc(C)n2)nc1C. The second kappa shape index (κ2) is 6.12. The molecule has 19 heavy (non-hydrogen) atoms. The Labute approximate surface area is 119 Å². The van der Waals surface area contributed by atoms with Crippen molar-refractivity contribution in [2.45, 2.75) is 20.3 Å². The Morgan fingerprint density at radius 3 is 2.84 bits per heavy atom. The molecule has 0 aromatic carbocycles. The minimum absolute atomic E-state index is 0.335. The van der Waals surface area contributed by atoms with Crippen molar-refractivity contribution in [3.63, 3.8) is 0 Å². The molecule has 0 spiro atoms. The van der Waals surface area contributed by atoms with E-state index in [4.69, 9.17) is 4.74 Å². The topological polar surface area (TPSA) is 64.1 Å². The van der Waals surface area contributed by atoms with Gasteiger partial charge in [-0.05, 0) is 13.8 Å². The van der Waals surface area contributed by atoms with Gasteiger partial charge in [-0.3, -0.25) is 0 Å². The molecule has 0 radical (unpaired) electrons. The number of aryl methyl sites for hydroxylation is 2. The molecule has 0 fully saturated rings. The van der Waals surface area contributed by atoms with E-state index in [0.29, 0.717) is 10.6 Å². The summed E-state index contributed by atoms with van der Waals surface area (Å²) in [6, 6.07) is 0. The summed E-state index contributed by atoms with van der Waals surface area (Å²) in [7, 11) is 1.37. The van der Waals surface area contributed by atoms with Crippen LogP contribution in [-0.4, -0.2) is 29.6 Å². The molecule has 7 heteroatoms. The lowest BCUT2D eigenvalue weighted by Crippen LogP contribution is -2.04. The third kappa shape index (κ3) is 3.51. The Balaban J connectivity index is 1.91. The van der Waals surface area contributed by atoms with Gasteiger partial charge in [-0.15, -0.1) is 11.3 Å². The molecule has 5 nitrogen and oxygen atoms in total. The average Bonchev–Trinajstić information content (AvgIpc) is 2.95. The third-order valence-corrected chi connectivity index (χ3v) is 4.41. The second-order valence-corrected chi connectivity index (χ2v) is 6.02. The van der Waals surface area contributed by atoms with Crippen LogP contribution in [-0.2, 0) is 11.2 Å². The van der Waals surface area contributed by atoms with E-state index in [9.17, 15) is 4.79 Å². The summed E-state index contributed by atoms with van der Waals surface area (Å²) in [6.45, 7) is 4.54. The Morgan fingerprint density at radius 2 is 2.21 bits per heavy atom. The normalized spacial score (nSPS) is 10.5. The van der Waals surface area contributed by atoms with Gasteiger partial charge in [0.15, 0.2) is 5.13 Å². The fourth-order valence-corrected chi connectivity index (χ4v) is 3.13. The summed E-state index contributed by atoms with van der Waals surface area (Å²) in [6.07, 6.45) is 0.844. The van der Waals surface area contributed by atoms with Crippen LogP contribution in [0.3, 0.4) is 0 Å². The number of aromatic nitrogens is 2. The number of carbonyl (C=O) groups is 1. The average molecular weight is 297 g/mol. The molecule has 2 rings (SSSR count). The lowest BCUT2D eigenvalue weighted by atomic mass is 10.3. The highest BCUT2D eigenvalue weighted by Crippen LogP contribution is 2.23. The number of ether oxygens (including phenoxy) is 1. The number of thiazole rings is 2. The van der Waals surface area contributed by atoms with Crippen LogP contribution in [0.2, 0.25) is 0 Å². The van der Waals surface area contributed by atoms with E-state index in [1.54, 1.807) is 18.3 Å². The van der Waals surface area contributed by atoms with Crippen molar-refractivity contribution in [1.29, 1.82) is 0 Å². The third-order valence-electron chi connectivity index (χ3n) is 2.49. The van der Waals surface area contributed by atoms with Crippen LogP contribution in [0.15, 0.2) is 5.38 Å². The maximum atomic E-state index is 11.5. The molecule has 2 heterocycles. The van der Waals surface area contributed by atoms with Crippen LogP contribution < -0.4 is 5.32 Å². The molecule has 0 saturated heterocycles. The van der Waals surface area contributed by atoms with Gasteiger partial charge in [0, 0.05) is 18.3 Å². The Bertz CT molecular complexity index is 577. The lowest BCUT2D eigenvalue weighted by Gasteiger charge is -1.99. The van der Waals surface area contributed by atoms with Crippen molar-refractivity contribution in [3.05, 3.63) is 26.7 Å². The minimum atomic E-state index is -0.335. The maximum absolute atomic E-state index is 11.5. The van der Waals surface area contributed by atoms with Gasteiger partial charge in [-0.2, -0.15) is 0 Å². The molecule has 0 atom stereocenters. The number of anilines is 1. The van der Waals surface area contributed by atoms with E-state index in [1.165, 1.54) is 18.4 Å². The first-order valence-electron chi connectivity index (χ1n) is 5.80. The molecule has 0 amide bonds. The van der Waals surface area contributed by atoms with Crippen molar-refractivity contribution in [2.75, 3.05) is 19.0 Å². The van der Waals surface area contributed by atoms with Crippen LogP contribution >= 0.6 is 22.7 Å². The van der Waals surface area contributed by atoms with Gasteiger partial charge in [0.25, 0.3) is 0 Å². The van der Waals surface area contributed by atoms with E-state index >= 15 is 0 Å². The number of carbonyl (C=O) groups excluding carboxylic acids is 1. The molecule has 0 aliphatic heterocycles. The second-order valence-electron chi connectivity index (χ2n) is 3.96. The number of hydrogen-bond donors (Lipinski definition) is 1. The van der Waals surface area contributed by atoms with Gasteiger partial charge in [-0.25, -0.2) is 14.8 Å². The largest absolute Gasteiger partial charge is 0.465 e. The van der Waals surface area contributed by atoms with Crippen molar-refractivity contribution >= 4 is 33.8 Å². The van der Waals surface area contributed by atoms with Crippen LogP contribution in [0.5, 0.6) is 0 Å². The molecule has 102 valence electrons. The first-order chi connectivity index (χ1) is 9.10. The van der Waals surface area contributed by atoms with E-state index < -0.39 is 0 Å². The summed E-state index contributed by atoms with van der Waals surface area (Å²) in [5.41, 5.74) is 1.78. The van der Waals surface area contributed by atoms with Crippen LogP contribution in [0.1, 0.15) is 26.1 Å². The fraction of sp³-hybridized carbons (Fsp3) is 0.417. The monoisotopic (exact) mass is 297 g/mol. The molecule has 0 aliphatic rings. The summed E-state index contributed by atoms with van der Waals surface area (Å²) < 4.78 is 4.70. The van der Waals surface area contributed by atoms with Crippen molar-refractivity contribution < 1.29 is 9.53 Å².